The van der Waals surface area contributed by atoms with E-state index in [4.69, 9.17) is 5.11 Å². The van der Waals surface area contributed by atoms with Gasteiger partial charge in [0.25, 0.3) is 0 Å². The summed E-state index contributed by atoms with van der Waals surface area (Å²) in [6.07, 6.45) is 6.58. The van der Waals surface area contributed by atoms with Gasteiger partial charge in [-0.05, 0) is 55.8 Å². The lowest BCUT2D eigenvalue weighted by molar-refractivity contribution is -0.148. The number of aliphatic hydroxyl groups excluding tert-OH is 1. The van der Waals surface area contributed by atoms with E-state index in [1.54, 1.807) is 4.90 Å². The lowest BCUT2D eigenvalue weighted by Crippen LogP contribution is -2.51. The van der Waals surface area contributed by atoms with Crippen molar-refractivity contribution in [2.75, 3.05) is 20.2 Å². The molecule has 0 heterocycles. The number of nitrogens with zero attached hydrogens (tertiary/aromatic N) is 1. The number of carbonyl (C=O) groups excluding carboxylic acids is 1. The maximum Gasteiger partial charge on any atom is 0.226 e. The molecule has 0 radical (unpaired) electrons. The summed E-state index contributed by atoms with van der Waals surface area (Å²) >= 11 is 0. The Bertz CT molecular complexity index is 287. The van der Waals surface area contributed by atoms with Gasteiger partial charge in [-0.25, -0.2) is 0 Å². The molecule has 0 saturated heterocycles. The summed E-state index contributed by atoms with van der Waals surface area (Å²) in [5, 5.41) is 8.94. The molecule has 4 rings (SSSR count). The zero-order valence-corrected chi connectivity index (χ0v) is 10.6. The van der Waals surface area contributed by atoms with Gasteiger partial charge in [-0.15, -0.1) is 0 Å². The predicted molar refractivity (Wildman–Crippen MR) is 65.3 cm³/mol. The highest BCUT2D eigenvalue weighted by Gasteiger charge is 2.51. The zero-order chi connectivity index (χ0) is 12.0. The van der Waals surface area contributed by atoms with Crippen molar-refractivity contribution in [2.24, 2.45) is 29.6 Å². The Morgan fingerprint density at radius 1 is 1.12 bits per heavy atom. The van der Waals surface area contributed by atoms with Gasteiger partial charge in [-0.3, -0.25) is 4.79 Å². The predicted octanol–water partition coefficient (Wildman–Crippen LogP) is 1.51. The molecule has 0 aromatic heterocycles. The molecule has 0 aromatic rings. The van der Waals surface area contributed by atoms with Crippen molar-refractivity contribution in [1.29, 1.82) is 0 Å². The van der Waals surface area contributed by atoms with Gasteiger partial charge in [0.1, 0.15) is 0 Å². The van der Waals surface area contributed by atoms with Crippen LogP contribution in [0.25, 0.3) is 0 Å². The number of amides is 1. The number of aliphatic hydroxyl groups is 1. The molecule has 0 unspecified atom stereocenters. The fourth-order valence-electron chi connectivity index (χ4n) is 4.84. The van der Waals surface area contributed by atoms with Crippen LogP contribution in [0.5, 0.6) is 0 Å². The largest absolute Gasteiger partial charge is 0.395 e. The van der Waals surface area contributed by atoms with Crippen LogP contribution in [0, 0.1) is 29.6 Å². The molecule has 0 aromatic carbocycles. The van der Waals surface area contributed by atoms with Crippen molar-refractivity contribution in [3.63, 3.8) is 0 Å². The number of likely N-dealkylation sites (N-methyl/N-ethyl adjacent to an activating group) is 1. The molecule has 0 spiro atoms. The Kier molecular flexibility index (Phi) is 2.89. The first-order valence-electron chi connectivity index (χ1n) is 7.05. The minimum atomic E-state index is 0.0789. The molecule has 1 N–H and O–H groups in total. The fraction of sp³-hybridized carbons (Fsp3) is 0.929. The molecule has 0 atom stereocenters. The Hall–Kier alpha value is -0.570. The highest BCUT2D eigenvalue weighted by molar-refractivity contribution is 5.79. The van der Waals surface area contributed by atoms with Crippen LogP contribution in [0.3, 0.4) is 0 Å². The third kappa shape index (κ3) is 1.88. The lowest BCUT2D eigenvalue weighted by Gasteiger charge is -2.54. The Labute approximate surface area is 103 Å². The van der Waals surface area contributed by atoms with Gasteiger partial charge in [0.05, 0.1) is 6.61 Å². The van der Waals surface area contributed by atoms with E-state index in [0.29, 0.717) is 24.3 Å². The summed E-state index contributed by atoms with van der Waals surface area (Å²) < 4.78 is 0. The summed E-state index contributed by atoms with van der Waals surface area (Å²) in [5.41, 5.74) is 0. The van der Waals surface area contributed by atoms with Gasteiger partial charge in [-0.2, -0.15) is 0 Å². The number of hydrogen-bond acceptors (Lipinski definition) is 2. The summed E-state index contributed by atoms with van der Waals surface area (Å²) in [6, 6.07) is 0. The first kappa shape index (κ1) is 11.5. The van der Waals surface area contributed by atoms with E-state index in [2.05, 4.69) is 0 Å². The minimum Gasteiger partial charge on any atom is -0.395 e. The second-order valence-corrected chi connectivity index (χ2v) is 6.44. The summed E-state index contributed by atoms with van der Waals surface area (Å²) in [7, 11) is 1.84. The molecule has 0 aliphatic heterocycles. The van der Waals surface area contributed by atoms with Crippen molar-refractivity contribution in [1.82, 2.24) is 4.90 Å². The molecule has 4 saturated carbocycles. The van der Waals surface area contributed by atoms with E-state index >= 15 is 0 Å². The SMILES string of the molecule is CN(CCO)C(=O)C1C2CC3CC(C2)CC1C3. The maximum atomic E-state index is 12.4. The average Bonchev–Trinajstić information content (AvgIpc) is 2.27. The topological polar surface area (TPSA) is 40.5 Å². The van der Waals surface area contributed by atoms with Gasteiger partial charge in [-0.1, -0.05) is 0 Å². The van der Waals surface area contributed by atoms with E-state index in [9.17, 15) is 4.79 Å². The van der Waals surface area contributed by atoms with Crippen LogP contribution in [0.4, 0.5) is 0 Å². The van der Waals surface area contributed by atoms with Crippen LogP contribution in [-0.2, 0) is 4.79 Å². The fourth-order valence-corrected chi connectivity index (χ4v) is 4.84. The molecular formula is C14H23NO2. The monoisotopic (exact) mass is 237 g/mol. The van der Waals surface area contributed by atoms with Crippen molar-refractivity contribution in [3.05, 3.63) is 0 Å². The van der Waals surface area contributed by atoms with Crippen molar-refractivity contribution in [3.8, 4) is 0 Å². The maximum absolute atomic E-state index is 12.4. The molecule has 4 aliphatic carbocycles. The van der Waals surface area contributed by atoms with Crippen molar-refractivity contribution < 1.29 is 9.90 Å². The number of hydrogen-bond donors (Lipinski definition) is 1. The molecule has 17 heavy (non-hydrogen) atoms. The minimum absolute atomic E-state index is 0.0789. The van der Waals surface area contributed by atoms with E-state index in [-0.39, 0.29) is 12.5 Å². The Balaban J connectivity index is 1.73. The van der Waals surface area contributed by atoms with Crippen LogP contribution >= 0.6 is 0 Å². The molecule has 4 aliphatic rings. The van der Waals surface area contributed by atoms with Gasteiger partial charge in [0.15, 0.2) is 0 Å². The molecular weight excluding hydrogens is 214 g/mol. The van der Waals surface area contributed by atoms with E-state index in [1.807, 2.05) is 7.05 Å². The average molecular weight is 237 g/mol. The lowest BCUT2D eigenvalue weighted by atomic mass is 9.51. The smallest absolute Gasteiger partial charge is 0.226 e. The second-order valence-electron chi connectivity index (χ2n) is 6.44. The van der Waals surface area contributed by atoms with E-state index in [1.165, 1.54) is 32.1 Å². The summed E-state index contributed by atoms with van der Waals surface area (Å²) in [6.45, 7) is 0.567. The molecule has 4 bridgehead atoms. The van der Waals surface area contributed by atoms with Crippen LogP contribution in [-0.4, -0.2) is 36.1 Å². The molecule has 3 nitrogen and oxygen atoms in total. The summed E-state index contributed by atoms with van der Waals surface area (Å²) in [4.78, 5) is 14.2. The second kappa shape index (κ2) is 4.27. The first-order valence-corrected chi connectivity index (χ1v) is 7.05. The van der Waals surface area contributed by atoms with Gasteiger partial charge in [0.2, 0.25) is 5.91 Å². The van der Waals surface area contributed by atoms with Gasteiger partial charge < -0.3 is 10.0 Å². The number of carbonyl (C=O) groups is 1. The molecule has 96 valence electrons. The molecule has 1 amide bonds. The normalized spacial score (nSPS) is 42.8. The Morgan fingerprint density at radius 2 is 1.65 bits per heavy atom. The van der Waals surface area contributed by atoms with Crippen LogP contribution in [0.1, 0.15) is 32.1 Å². The molecule has 4 fully saturated rings. The quantitative estimate of drug-likeness (QED) is 0.808. The van der Waals surface area contributed by atoms with Crippen molar-refractivity contribution >= 4 is 5.91 Å². The third-order valence-corrected chi connectivity index (χ3v) is 5.32. The van der Waals surface area contributed by atoms with E-state index in [0.717, 1.165) is 11.8 Å². The van der Waals surface area contributed by atoms with Crippen LogP contribution in [0.15, 0.2) is 0 Å². The van der Waals surface area contributed by atoms with Crippen LogP contribution in [0.2, 0.25) is 0 Å². The van der Waals surface area contributed by atoms with Crippen LogP contribution < -0.4 is 0 Å². The highest BCUT2D eigenvalue weighted by Crippen LogP contribution is 2.56. The third-order valence-electron chi connectivity index (χ3n) is 5.32. The van der Waals surface area contributed by atoms with Crippen molar-refractivity contribution in [2.45, 2.75) is 32.1 Å². The van der Waals surface area contributed by atoms with Gasteiger partial charge in [0, 0.05) is 19.5 Å². The number of rotatable bonds is 3. The van der Waals surface area contributed by atoms with E-state index < -0.39 is 0 Å². The highest BCUT2D eigenvalue weighted by atomic mass is 16.3. The Morgan fingerprint density at radius 3 is 2.12 bits per heavy atom. The summed E-state index contributed by atoms with van der Waals surface area (Å²) in [5.74, 6) is 3.72. The standard InChI is InChI=1S/C14H23NO2/c1-15(2-3-16)14(17)13-11-5-9-4-10(7-11)8-12(13)6-9/h9-13,16H,2-8H2,1H3. The zero-order valence-electron chi connectivity index (χ0n) is 10.6. The van der Waals surface area contributed by atoms with Gasteiger partial charge >= 0.3 is 0 Å². The molecule has 3 heteroatoms. The first-order chi connectivity index (χ1) is 8.19.